The molecule has 0 fully saturated rings. The molecule has 1 unspecified atom stereocenters. The smallest absolute Gasteiger partial charge is 0.332 e. The van der Waals surface area contributed by atoms with E-state index in [-0.39, 0.29) is 12.5 Å². The predicted molar refractivity (Wildman–Crippen MR) is 95.0 cm³/mol. The molecule has 0 saturated heterocycles. The standard InChI is InChI=1S/C16H13ClIN3O3/c17-11-5-8(18)4-9-10(11)6-21(15(9)22)14(16(23)24)13-12-2-1-3-20(12)7-19-13/h4-5,7,14H,1-3,6H2,(H,23,24). The molecular formula is C16H13ClIN3O3. The van der Waals surface area contributed by atoms with Gasteiger partial charge in [-0.25, -0.2) is 9.78 Å². The first-order valence-electron chi connectivity index (χ1n) is 7.53. The number of nitrogens with zero attached hydrogens (tertiary/aromatic N) is 3. The van der Waals surface area contributed by atoms with Crippen LogP contribution in [0, 0.1) is 3.57 Å². The lowest BCUT2D eigenvalue weighted by Gasteiger charge is -2.23. The van der Waals surface area contributed by atoms with E-state index in [1.54, 1.807) is 18.5 Å². The number of imidazole rings is 1. The number of carboxylic acids is 1. The Labute approximate surface area is 156 Å². The average molecular weight is 458 g/mol. The summed E-state index contributed by atoms with van der Waals surface area (Å²) in [7, 11) is 0. The zero-order chi connectivity index (χ0) is 17.0. The number of aryl methyl sites for hydroxylation is 1. The van der Waals surface area contributed by atoms with Crippen molar-refractivity contribution in [3.05, 3.63) is 49.6 Å². The Morgan fingerprint density at radius 1 is 1.42 bits per heavy atom. The monoisotopic (exact) mass is 457 g/mol. The highest BCUT2D eigenvalue weighted by Gasteiger charge is 2.41. The lowest BCUT2D eigenvalue weighted by Crippen LogP contribution is -2.35. The van der Waals surface area contributed by atoms with Gasteiger partial charge < -0.3 is 14.6 Å². The number of benzene rings is 1. The van der Waals surface area contributed by atoms with Crippen molar-refractivity contribution in [2.24, 2.45) is 0 Å². The van der Waals surface area contributed by atoms with Gasteiger partial charge in [-0.1, -0.05) is 11.6 Å². The van der Waals surface area contributed by atoms with E-state index < -0.39 is 12.0 Å². The first kappa shape index (κ1) is 15.9. The Hall–Kier alpha value is -1.61. The van der Waals surface area contributed by atoms with E-state index in [4.69, 9.17) is 11.6 Å². The van der Waals surface area contributed by atoms with Crippen LogP contribution in [-0.4, -0.2) is 31.4 Å². The SMILES string of the molecule is O=C(O)C(c1ncn2c1CCC2)N1Cc2c(Cl)cc(I)cc2C1=O. The molecule has 0 spiro atoms. The molecule has 4 rings (SSSR count). The quantitative estimate of drug-likeness (QED) is 0.719. The number of carbonyl (C=O) groups excluding carboxylic acids is 1. The molecule has 124 valence electrons. The van der Waals surface area contributed by atoms with Crippen molar-refractivity contribution in [2.75, 3.05) is 0 Å². The third-order valence-corrected chi connectivity index (χ3v) is 5.54. The zero-order valence-electron chi connectivity index (χ0n) is 12.5. The Morgan fingerprint density at radius 3 is 2.96 bits per heavy atom. The number of halogens is 2. The number of aromatic nitrogens is 2. The van der Waals surface area contributed by atoms with Gasteiger partial charge in [-0.3, -0.25) is 4.79 Å². The van der Waals surface area contributed by atoms with Crippen LogP contribution in [0.5, 0.6) is 0 Å². The van der Waals surface area contributed by atoms with Crippen molar-refractivity contribution >= 4 is 46.1 Å². The molecule has 1 atom stereocenters. The highest BCUT2D eigenvalue weighted by atomic mass is 127. The summed E-state index contributed by atoms with van der Waals surface area (Å²) in [5, 5.41) is 10.3. The summed E-state index contributed by atoms with van der Waals surface area (Å²) in [4.78, 5) is 30.4. The van der Waals surface area contributed by atoms with Crippen LogP contribution in [0.3, 0.4) is 0 Å². The fraction of sp³-hybridized carbons (Fsp3) is 0.312. The van der Waals surface area contributed by atoms with Gasteiger partial charge in [0.05, 0.1) is 12.0 Å². The lowest BCUT2D eigenvalue weighted by atomic mass is 10.1. The van der Waals surface area contributed by atoms with Gasteiger partial charge in [0.15, 0.2) is 6.04 Å². The molecule has 0 bridgehead atoms. The molecule has 24 heavy (non-hydrogen) atoms. The minimum Gasteiger partial charge on any atom is -0.479 e. The zero-order valence-corrected chi connectivity index (χ0v) is 15.4. The predicted octanol–water partition coefficient (Wildman–Crippen LogP) is 2.87. The van der Waals surface area contributed by atoms with E-state index in [0.29, 0.717) is 21.8 Å². The molecule has 1 aromatic heterocycles. The summed E-state index contributed by atoms with van der Waals surface area (Å²) < 4.78 is 2.82. The van der Waals surface area contributed by atoms with Crippen LogP contribution in [0.15, 0.2) is 18.5 Å². The molecule has 0 saturated carbocycles. The summed E-state index contributed by atoms with van der Waals surface area (Å²) in [5.74, 6) is -1.38. The normalized spacial score (nSPS) is 17.1. The van der Waals surface area contributed by atoms with Gasteiger partial charge in [0.2, 0.25) is 0 Å². The topological polar surface area (TPSA) is 75.4 Å². The fourth-order valence-corrected chi connectivity index (χ4v) is 4.58. The molecule has 2 aliphatic rings. The van der Waals surface area contributed by atoms with Crippen LogP contribution >= 0.6 is 34.2 Å². The minimum absolute atomic E-state index is 0.188. The second kappa shape index (κ2) is 5.73. The molecule has 2 aromatic rings. The molecule has 0 aliphatic carbocycles. The molecule has 2 aliphatic heterocycles. The summed E-state index contributed by atoms with van der Waals surface area (Å²) in [5.41, 5.74) is 2.54. The van der Waals surface area contributed by atoms with Crippen LogP contribution in [0.25, 0.3) is 0 Å². The van der Waals surface area contributed by atoms with Gasteiger partial charge in [-0.2, -0.15) is 0 Å². The van der Waals surface area contributed by atoms with E-state index in [1.807, 2.05) is 4.57 Å². The van der Waals surface area contributed by atoms with Gasteiger partial charge in [-0.15, -0.1) is 0 Å². The highest BCUT2D eigenvalue weighted by Crippen LogP contribution is 2.37. The Morgan fingerprint density at radius 2 is 2.21 bits per heavy atom. The molecule has 0 radical (unpaired) electrons. The number of rotatable bonds is 3. The summed E-state index contributed by atoms with van der Waals surface area (Å²) in [6.07, 6.45) is 3.42. The van der Waals surface area contributed by atoms with Crippen molar-refractivity contribution in [1.82, 2.24) is 14.5 Å². The third kappa shape index (κ3) is 2.33. The fourth-order valence-electron chi connectivity index (χ4n) is 3.49. The van der Waals surface area contributed by atoms with Crippen molar-refractivity contribution in [3.8, 4) is 0 Å². The van der Waals surface area contributed by atoms with Crippen LogP contribution in [0.1, 0.15) is 39.8 Å². The Balaban J connectivity index is 1.77. The largest absolute Gasteiger partial charge is 0.479 e. The van der Waals surface area contributed by atoms with Gasteiger partial charge in [-0.05, 0) is 47.6 Å². The number of carboxylic acid groups (broad SMARTS) is 1. The van der Waals surface area contributed by atoms with Gasteiger partial charge >= 0.3 is 5.97 Å². The summed E-state index contributed by atoms with van der Waals surface area (Å²) in [6, 6.07) is 2.44. The lowest BCUT2D eigenvalue weighted by molar-refractivity contribution is -0.142. The molecule has 6 nitrogen and oxygen atoms in total. The molecule has 1 N–H and O–H groups in total. The van der Waals surface area contributed by atoms with Gasteiger partial charge in [0, 0.05) is 38.5 Å². The maximum Gasteiger partial charge on any atom is 0.332 e. The van der Waals surface area contributed by atoms with E-state index >= 15 is 0 Å². The number of carbonyl (C=O) groups is 2. The van der Waals surface area contributed by atoms with E-state index in [2.05, 4.69) is 27.6 Å². The highest BCUT2D eigenvalue weighted by molar-refractivity contribution is 14.1. The second-order valence-corrected chi connectivity index (χ2v) is 7.61. The first-order chi connectivity index (χ1) is 11.5. The number of hydrogen-bond donors (Lipinski definition) is 1. The number of aliphatic carboxylic acids is 1. The van der Waals surface area contributed by atoms with Gasteiger partial charge in [0.25, 0.3) is 5.91 Å². The van der Waals surface area contributed by atoms with Crippen molar-refractivity contribution in [3.63, 3.8) is 0 Å². The molecule has 1 amide bonds. The van der Waals surface area contributed by atoms with Crippen molar-refractivity contribution in [1.29, 1.82) is 0 Å². The summed E-state index contributed by atoms with van der Waals surface area (Å²) >= 11 is 8.35. The maximum absolute atomic E-state index is 12.8. The number of amides is 1. The average Bonchev–Trinajstić information content (AvgIpc) is 3.18. The molecule has 8 heteroatoms. The maximum atomic E-state index is 12.8. The minimum atomic E-state index is -1.09. The molecular weight excluding hydrogens is 445 g/mol. The van der Waals surface area contributed by atoms with Crippen LogP contribution < -0.4 is 0 Å². The van der Waals surface area contributed by atoms with E-state index in [1.165, 1.54) is 4.90 Å². The molecule has 1 aromatic carbocycles. The summed E-state index contributed by atoms with van der Waals surface area (Å²) in [6.45, 7) is 1.03. The van der Waals surface area contributed by atoms with E-state index in [0.717, 1.165) is 28.7 Å². The number of fused-ring (bicyclic) bond motifs is 2. The van der Waals surface area contributed by atoms with Crippen molar-refractivity contribution in [2.45, 2.75) is 32.0 Å². The van der Waals surface area contributed by atoms with E-state index in [9.17, 15) is 14.7 Å². The second-order valence-electron chi connectivity index (χ2n) is 5.96. The third-order valence-electron chi connectivity index (χ3n) is 4.58. The molecule has 3 heterocycles. The van der Waals surface area contributed by atoms with Crippen molar-refractivity contribution < 1.29 is 14.7 Å². The van der Waals surface area contributed by atoms with Gasteiger partial charge in [0.1, 0.15) is 0 Å². The first-order valence-corrected chi connectivity index (χ1v) is 8.98. The van der Waals surface area contributed by atoms with Crippen LogP contribution in [0.2, 0.25) is 5.02 Å². The number of hydrogen-bond acceptors (Lipinski definition) is 3. The van der Waals surface area contributed by atoms with Crippen LogP contribution in [-0.2, 0) is 24.3 Å². The Kier molecular flexibility index (Phi) is 3.80. The Bertz CT molecular complexity index is 880. The van der Waals surface area contributed by atoms with Crippen LogP contribution in [0.4, 0.5) is 0 Å².